The number of rotatable bonds is 5. The van der Waals surface area contributed by atoms with E-state index in [4.69, 9.17) is 10.5 Å². The van der Waals surface area contributed by atoms with Crippen molar-refractivity contribution in [3.05, 3.63) is 36.2 Å². The van der Waals surface area contributed by atoms with Gasteiger partial charge >= 0.3 is 0 Å². The number of aromatic nitrogens is 2. The quantitative estimate of drug-likeness (QED) is 0.828. The van der Waals surface area contributed by atoms with Crippen LogP contribution in [0.3, 0.4) is 0 Å². The van der Waals surface area contributed by atoms with Gasteiger partial charge in [-0.2, -0.15) is 5.10 Å². The molecule has 1 aromatic heterocycles. The van der Waals surface area contributed by atoms with E-state index >= 15 is 0 Å². The van der Waals surface area contributed by atoms with Crippen LogP contribution in [0.1, 0.15) is 37.2 Å². The molecule has 21 heavy (non-hydrogen) atoms. The van der Waals surface area contributed by atoms with Crippen LogP contribution in [-0.4, -0.2) is 22.2 Å². The fourth-order valence-corrected chi connectivity index (χ4v) is 1.85. The third-order valence-corrected chi connectivity index (χ3v) is 2.92. The van der Waals surface area contributed by atoms with Crippen molar-refractivity contribution in [3.63, 3.8) is 0 Å². The molecule has 6 nitrogen and oxygen atoms in total. The van der Waals surface area contributed by atoms with E-state index in [0.29, 0.717) is 29.3 Å². The molecule has 0 aliphatic heterocycles. The molecule has 3 N–H and O–H groups in total. The third-order valence-electron chi connectivity index (χ3n) is 2.92. The van der Waals surface area contributed by atoms with E-state index in [1.807, 2.05) is 20.8 Å². The number of carbonyl (C=O) groups excluding carboxylic acids is 1. The number of nitrogens with two attached hydrogens (primary N) is 1. The minimum Gasteiger partial charge on any atom is -0.453 e. The highest BCUT2D eigenvalue weighted by Gasteiger charge is 2.14. The summed E-state index contributed by atoms with van der Waals surface area (Å²) in [5.41, 5.74) is 6.76. The van der Waals surface area contributed by atoms with Crippen LogP contribution in [0.15, 0.2) is 30.6 Å². The maximum absolute atomic E-state index is 12.0. The highest BCUT2D eigenvalue weighted by molar-refractivity contribution is 5.97. The summed E-state index contributed by atoms with van der Waals surface area (Å²) in [6.45, 7) is 6.46. The van der Waals surface area contributed by atoms with Gasteiger partial charge in [0, 0.05) is 24.3 Å². The lowest BCUT2D eigenvalue weighted by atomic mass is 10.1. The number of carbonyl (C=O) groups is 1. The van der Waals surface area contributed by atoms with Crippen LogP contribution in [0.2, 0.25) is 0 Å². The molecular formula is C15H20N4O2. The summed E-state index contributed by atoms with van der Waals surface area (Å²) in [7, 11) is 0. The van der Waals surface area contributed by atoms with Gasteiger partial charge in [-0.25, -0.2) is 0 Å². The molecule has 0 aliphatic carbocycles. The average Bonchev–Trinajstić information content (AvgIpc) is 2.88. The van der Waals surface area contributed by atoms with Crippen LogP contribution in [0.5, 0.6) is 11.5 Å². The lowest BCUT2D eigenvalue weighted by Crippen LogP contribution is -2.23. The Morgan fingerprint density at radius 3 is 2.86 bits per heavy atom. The molecule has 2 rings (SSSR count). The van der Waals surface area contributed by atoms with Gasteiger partial charge in [0.15, 0.2) is 5.75 Å². The van der Waals surface area contributed by atoms with Crippen LogP contribution in [0, 0.1) is 0 Å². The van der Waals surface area contributed by atoms with Crippen LogP contribution in [0.4, 0.5) is 5.69 Å². The van der Waals surface area contributed by atoms with E-state index in [1.54, 1.807) is 35.3 Å². The van der Waals surface area contributed by atoms with Crippen molar-refractivity contribution in [2.75, 3.05) is 12.3 Å². The molecule has 0 atom stereocenters. The first-order chi connectivity index (χ1) is 10.0. The minimum absolute atomic E-state index is 0.191. The monoisotopic (exact) mass is 288 g/mol. The van der Waals surface area contributed by atoms with Crippen molar-refractivity contribution in [1.29, 1.82) is 0 Å². The number of anilines is 1. The Hall–Kier alpha value is -2.50. The molecule has 6 heteroatoms. The summed E-state index contributed by atoms with van der Waals surface area (Å²) >= 11 is 0. The summed E-state index contributed by atoms with van der Waals surface area (Å²) in [5, 5.41) is 6.96. The molecule has 1 amide bonds. The fourth-order valence-electron chi connectivity index (χ4n) is 1.85. The Morgan fingerprint density at radius 2 is 2.24 bits per heavy atom. The number of amides is 1. The smallest absolute Gasteiger partial charge is 0.255 e. The highest BCUT2D eigenvalue weighted by atomic mass is 16.5. The number of nitrogens with one attached hydrogen (secondary N) is 1. The summed E-state index contributed by atoms with van der Waals surface area (Å²) in [6.07, 6.45) is 3.40. The number of nitrogen functional groups attached to an aromatic ring is 1. The summed E-state index contributed by atoms with van der Waals surface area (Å²) in [6, 6.07) is 5.21. The Balaban J connectivity index is 2.29. The van der Waals surface area contributed by atoms with Crippen LogP contribution in [0.25, 0.3) is 0 Å². The maximum Gasteiger partial charge on any atom is 0.255 e. The molecule has 0 aliphatic rings. The van der Waals surface area contributed by atoms with E-state index in [9.17, 15) is 4.79 Å². The zero-order valence-corrected chi connectivity index (χ0v) is 12.5. The molecule has 0 fully saturated rings. The maximum atomic E-state index is 12.0. The number of benzene rings is 1. The Bertz CT molecular complexity index is 634. The normalized spacial score (nSPS) is 10.7. The van der Waals surface area contributed by atoms with Gasteiger partial charge in [0.1, 0.15) is 5.75 Å². The largest absolute Gasteiger partial charge is 0.453 e. The second-order valence-corrected chi connectivity index (χ2v) is 4.97. The fraction of sp³-hybridized carbons (Fsp3) is 0.333. The average molecular weight is 288 g/mol. The summed E-state index contributed by atoms with van der Waals surface area (Å²) in [4.78, 5) is 12.0. The number of nitrogens with zero attached hydrogens (tertiary/aromatic N) is 2. The van der Waals surface area contributed by atoms with Crippen molar-refractivity contribution < 1.29 is 9.53 Å². The lowest BCUT2D eigenvalue weighted by molar-refractivity contribution is 0.0953. The Labute approximate surface area is 123 Å². The molecule has 1 aromatic carbocycles. The van der Waals surface area contributed by atoms with Crippen molar-refractivity contribution in [2.45, 2.75) is 26.8 Å². The second kappa shape index (κ2) is 6.30. The highest BCUT2D eigenvalue weighted by Crippen LogP contribution is 2.27. The number of ether oxygens (including phenoxy) is 1. The van der Waals surface area contributed by atoms with Gasteiger partial charge in [0.25, 0.3) is 5.91 Å². The van der Waals surface area contributed by atoms with E-state index in [1.165, 1.54) is 0 Å². The molecule has 0 radical (unpaired) electrons. The van der Waals surface area contributed by atoms with Crippen LogP contribution < -0.4 is 15.8 Å². The molecule has 0 unspecified atom stereocenters. The molecule has 1 heterocycles. The second-order valence-electron chi connectivity index (χ2n) is 4.97. The van der Waals surface area contributed by atoms with Gasteiger partial charge in [0.2, 0.25) is 0 Å². The standard InChI is InChI=1S/C15H20N4O2/c1-4-17-15(20)13-6-5-11(16)7-14(13)21-12-8-18-19(9-12)10(2)3/h5-10H,4,16H2,1-3H3,(H,17,20). The first-order valence-corrected chi connectivity index (χ1v) is 6.91. The zero-order chi connectivity index (χ0) is 15.4. The van der Waals surface area contributed by atoms with Crippen molar-refractivity contribution in [1.82, 2.24) is 15.1 Å². The molecule has 0 spiro atoms. The van der Waals surface area contributed by atoms with E-state index in [2.05, 4.69) is 10.4 Å². The van der Waals surface area contributed by atoms with Gasteiger partial charge in [-0.15, -0.1) is 0 Å². The summed E-state index contributed by atoms with van der Waals surface area (Å²) in [5.74, 6) is 0.799. The van der Waals surface area contributed by atoms with Crippen LogP contribution >= 0.6 is 0 Å². The number of hydrogen-bond acceptors (Lipinski definition) is 4. The molecular weight excluding hydrogens is 268 g/mol. The predicted octanol–water partition coefficient (Wildman–Crippen LogP) is 2.59. The van der Waals surface area contributed by atoms with Crippen molar-refractivity contribution in [3.8, 4) is 11.5 Å². The molecule has 2 aromatic rings. The van der Waals surface area contributed by atoms with Crippen molar-refractivity contribution >= 4 is 11.6 Å². The number of hydrogen-bond donors (Lipinski definition) is 2. The van der Waals surface area contributed by atoms with Gasteiger partial charge in [-0.3, -0.25) is 9.48 Å². The van der Waals surface area contributed by atoms with E-state index < -0.39 is 0 Å². The van der Waals surface area contributed by atoms with Gasteiger partial charge < -0.3 is 15.8 Å². The van der Waals surface area contributed by atoms with Gasteiger partial charge in [-0.05, 0) is 32.9 Å². The Kier molecular flexibility index (Phi) is 4.47. The minimum atomic E-state index is -0.191. The zero-order valence-electron chi connectivity index (χ0n) is 12.5. The molecule has 0 saturated heterocycles. The van der Waals surface area contributed by atoms with E-state index in [0.717, 1.165) is 0 Å². The molecule has 112 valence electrons. The lowest BCUT2D eigenvalue weighted by Gasteiger charge is -2.10. The molecule has 0 saturated carbocycles. The van der Waals surface area contributed by atoms with Gasteiger partial charge in [0.05, 0.1) is 18.0 Å². The first-order valence-electron chi connectivity index (χ1n) is 6.91. The molecule has 0 bridgehead atoms. The Morgan fingerprint density at radius 1 is 1.48 bits per heavy atom. The predicted molar refractivity (Wildman–Crippen MR) is 81.5 cm³/mol. The first kappa shape index (κ1) is 14.9. The SMILES string of the molecule is CCNC(=O)c1ccc(N)cc1Oc1cnn(C(C)C)c1. The van der Waals surface area contributed by atoms with Crippen LogP contribution in [-0.2, 0) is 0 Å². The summed E-state index contributed by atoms with van der Waals surface area (Å²) < 4.78 is 7.55. The van der Waals surface area contributed by atoms with Crippen molar-refractivity contribution in [2.24, 2.45) is 0 Å². The van der Waals surface area contributed by atoms with Gasteiger partial charge in [-0.1, -0.05) is 0 Å². The van der Waals surface area contributed by atoms with E-state index in [-0.39, 0.29) is 11.9 Å². The topological polar surface area (TPSA) is 82.2 Å². The third kappa shape index (κ3) is 3.53.